The van der Waals surface area contributed by atoms with Crippen molar-refractivity contribution in [3.05, 3.63) is 0 Å². The van der Waals surface area contributed by atoms with Gasteiger partial charge in [-0.3, -0.25) is 4.79 Å². The Morgan fingerprint density at radius 3 is 2.92 bits per heavy atom. The number of likely N-dealkylation sites (N-methyl/N-ethyl adjacent to an activating group) is 1. The Morgan fingerprint density at radius 1 is 1.62 bits per heavy atom. The molecule has 3 fully saturated rings. The van der Waals surface area contributed by atoms with Gasteiger partial charge < -0.3 is 15.3 Å². The van der Waals surface area contributed by atoms with Crippen LogP contribution < -0.4 is 5.32 Å². The van der Waals surface area contributed by atoms with Gasteiger partial charge in [0.2, 0.25) is 0 Å². The summed E-state index contributed by atoms with van der Waals surface area (Å²) in [7, 11) is 2.08. The molecule has 2 atom stereocenters. The summed E-state index contributed by atoms with van der Waals surface area (Å²) in [6.45, 7) is 1.72. The van der Waals surface area contributed by atoms with Crippen LogP contribution in [0, 0.1) is 0 Å². The minimum absolute atomic E-state index is 0.537. The largest absolute Gasteiger partial charge is 0.480 e. The number of nitrogens with one attached hydrogen (secondary N) is 1. The van der Waals surface area contributed by atoms with Gasteiger partial charge in [0.15, 0.2) is 0 Å². The maximum Gasteiger partial charge on any atom is 0.323 e. The van der Waals surface area contributed by atoms with Gasteiger partial charge in [-0.2, -0.15) is 0 Å². The molecule has 0 radical (unpaired) electrons. The Bertz CT molecular complexity index is 222. The molecule has 3 heterocycles. The van der Waals surface area contributed by atoms with E-state index in [0.717, 1.165) is 32.4 Å². The Morgan fingerprint density at radius 2 is 2.38 bits per heavy atom. The number of piperidine rings is 1. The molecule has 3 saturated heterocycles. The Balaban J connectivity index is 2.20. The molecule has 0 aromatic heterocycles. The number of fused-ring (bicyclic) bond motifs is 4. The molecule has 3 aliphatic rings. The topological polar surface area (TPSA) is 52.6 Å². The summed E-state index contributed by atoms with van der Waals surface area (Å²) < 4.78 is 0. The lowest BCUT2D eigenvalue weighted by molar-refractivity contribution is -0.145. The smallest absolute Gasteiger partial charge is 0.323 e. The summed E-state index contributed by atoms with van der Waals surface area (Å²) in [5.74, 6) is -0.679. The predicted molar refractivity (Wildman–Crippen MR) is 48.6 cm³/mol. The molecule has 0 aromatic rings. The van der Waals surface area contributed by atoms with Crippen LogP contribution in [0.15, 0.2) is 0 Å². The average Bonchev–Trinajstić information content (AvgIpc) is 2.38. The van der Waals surface area contributed by atoms with Crippen LogP contribution in [-0.2, 0) is 4.79 Å². The molecule has 3 rings (SSSR count). The van der Waals surface area contributed by atoms with Crippen LogP contribution in [-0.4, -0.2) is 47.7 Å². The first kappa shape index (κ1) is 8.97. The number of carboxylic acid groups (broad SMARTS) is 1. The number of rotatable bonds is 1. The Labute approximate surface area is 77.9 Å². The molecule has 13 heavy (non-hydrogen) atoms. The van der Waals surface area contributed by atoms with Gasteiger partial charge in [-0.25, -0.2) is 0 Å². The van der Waals surface area contributed by atoms with Crippen molar-refractivity contribution in [3.63, 3.8) is 0 Å². The molecule has 2 unspecified atom stereocenters. The minimum Gasteiger partial charge on any atom is -0.480 e. The van der Waals surface area contributed by atoms with Crippen molar-refractivity contribution in [2.45, 2.75) is 30.8 Å². The maximum absolute atomic E-state index is 11.1. The summed E-state index contributed by atoms with van der Waals surface area (Å²) in [5.41, 5.74) is -0.624. The first-order valence-electron chi connectivity index (χ1n) is 4.83. The highest BCUT2D eigenvalue weighted by Crippen LogP contribution is 2.29. The molecule has 2 N–H and O–H groups in total. The molecule has 0 saturated carbocycles. The van der Waals surface area contributed by atoms with Gasteiger partial charge in [-0.1, -0.05) is 0 Å². The SMILES string of the molecule is CN1CCC2(C(=O)O)CCC1CN2. The van der Waals surface area contributed by atoms with Crippen LogP contribution in [0.5, 0.6) is 0 Å². The lowest BCUT2D eigenvalue weighted by Gasteiger charge is -2.34. The van der Waals surface area contributed by atoms with Crippen molar-refractivity contribution >= 4 is 5.97 Å². The van der Waals surface area contributed by atoms with Crippen LogP contribution in [0.1, 0.15) is 19.3 Å². The second-order valence-electron chi connectivity index (χ2n) is 4.19. The maximum atomic E-state index is 11.1. The fourth-order valence-electron chi connectivity index (χ4n) is 2.35. The van der Waals surface area contributed by atoms with Crippen LogP contribution in [0.25, 0.3) is 0 Å². The van der Waals surface area contributed by atoms with Gasteiger partial charge in [0.1, 0.15) is 5.54 Å². The van der Waals surface area contributed by atoms with Crippen LogP contribution >= 0.6 is 0 Å². The van der Waals surface area contributed by atoms with Crippen molar-refractivity contribution in [1.29, 1.82) is 0 Å². The monoisotopic (exact) mass is 184 g/mol. The first-order chi connectivity index (χ1) is 6.14. The van der Waals surface area contributed by atoms with Gasteiger partial charge >= 0.3 is 5.97 Å². The number of carbonyl (C=O) groups is 1. The summed E-state index contributed by atoms with van der Waals surface area (Å²) in [4.78, 5) is 13.4. The molecule has 74 valence electrons. The third kappa shape index (κ3) is 1.34. The fourth-order valence-corrected chi connectivity index (χ4v) is 2.35. The Kier molecular flexibility index (Phi) is 2.04. The molecular formula is C9H16N2O2. The van der Waals surface area contributed by atoms with Crippen LogP contribution in [0.2, 0.25) is 0 Å². The third-order valence-corrected chi connectivity index (χ3v) is 3.50. The number of hydrogen-bond donors (Lipinski definition) is 2. The lowest BCUT2D eigenvalue weighted by atomic mass is 9.86. The molecule has 4 heteroatoms. The molecule has 4 nitrogen and oxygen atoms in total. The van der Waals surface area contributed by atoms with E-state index >= 15 is 0 Å². The number of carboxylic acids is 1. The van der Waals surface area contributed by atoms with E-state index < -0.39 is 11.5 Å². The normalized spacial score (nSPS) is 40.2. The summed E-state index contributed by atoms with van der Waals surface area (Å²) >= 11 is 0. The number of aliphatic carboxylic acids is 1. The van der Waals surface area contributed by atoms with Crippen LogP contribution in [0.3, 0.4) is 0 Å². The van der Waals surface area contributed by atoms with E-state index in [-0.39, 0.29) is 0 Å². The van der Waals surface area contributed by atoms with E-state index in [9.17, 15) is 4.79 Å². The highest BCUT2D eigenvalue weighted by molar-refractivity contribution is 5.79. The zero-order valence-corrected chi connectivity index (χ0v) is 7.92. The summed E-state index contributed by atoms with van der Waals surface area (Å²) in [5, 5.41) is 12.3. The fraction of sp³-hybridized carbons (Fsp3) is 0.889. The minimum atomic E-state index is -0.679. The summed E-state index contributed by atoms with van der Waals surface area (Å²) in [6, 6.07) is 0.537. The van der Waals surface area contributed by atoms with Gasteiger partial charge in [0, 0.05) is 19.1 Å². The average molecular weight is 184 g/mol. The molecule has 3 aliphatic heterocycles. The van der Waals surface area contributed by atoms with E-state index in [1.165, 1.54) is 0 Å². The van der Waals surface area contributed by atoms with E-state index in [1.54, 1.807) is 0 Å². The standard InChI is InChI=1S/C9H16N2O2/c1-11-5-4-9(8(12)13)3-2-7(11)6-10-9/h7,10H,2-6H2,1H3,(H,12,13). The van der Waals surface area contributed by atoms with Gasteiger partial charge in [-0.15, -0.1) is 0 Å². The van der Waals surface area contributed by atoms with E-state index in [2.05, 4.69) is 17.3 Å². The van der Waals surface area contributed by atoms with Crippen molar-refractivity contribution in [2.24, 2.45) is 0 Å². The second-order valence-corrected chi connectivity index (χ2v) is 4.19. The summed E-state index contributed by atoms with van der Waals surface area (Å²) in [6.07, 6.45) is 2.52. The van der Waals surface area contributed by atoms with Crippen molar-refractivity contribution in [3.8, 4) is 0 Å². The molecule has 0 spiro atoms. The molecule has 0 amide bonds. The van der Waals surface area contributed by atoms with Gasteiger partial charge in [-0.05, 0) is 26.3 Å². The quantitative estimate of drug-likeness (QED) is 0.597. The zero-order valence-electron chi connectivity index (χ0n) is 7.92. The zero-order chi connectivity index (χ0) is 9.47. The predicted octanol–water partition coefficient (Wildman–Crippen LogP) is -0.103. The van der Waals surface area contributed by atoms with E-state index in [0.29, 0.717) is 6.04 Å². The van der Waals surface area contributed by atoms with Crippen molar-refractivity contribution in [2.75, 3.05) is 20.1 Å². The lowest BCUT2D eigenvalue weighted by Crippen LogP contribution is -2.56. The second kappa shape index (κ2) is 2.96. The number of hydrogen-bond acceptors (Lipinski definition) is 3. The highest BCUT2D eigenvalue weighted by atomic mass is 16.4. The van der Waals surface area contributed by atoms with Gasteiger partial charge in [0.25, 0.3) is 0 Å². The first-order valence-corrected chi connectivity index (χ1v) is 4.83. The third-order valence-electron chi connectivity index (χ3n) is 3.50. The highest BCUT2D eigenvalue weighted by Gasteiger charge is 2.44. The molecule has 2 bridgehead atoms. The molecule has 0 aromatic carbocycles. The Hall–Kier alpha value is -0.610. The van der Waals surface area contributed by atoms with E-state index in [4.69, 9.17) is 5.11 Å². The van der Waals surface area contributed by atoms with Crippen molar-refractivity contribution < 1.29 is 9.90 Å². The van der Waals surface area contributed by atoms with Crippen LogP contribution in [0.4, 0.5) is 0 Å². The molecular weight excluding hydrogens is 168 g/mol. The van der Waals surface area contributed by atoms with Gasteiger partial charge in [0.05, 0.1) is 0 Å². The van der Waals surface area contributed by atoms with E-state index in [1.807, 2.05) is 0 Å². The number of nitrogens with zero attached hydrogens (tertiary/aromatic N) is 1. The van der Waals surface area contributed by atoms with Crippen molar-refractivity contribution in [1.82, 2.24) is 10.2 Å². The molecule has 0 aliphatic carbocycles.